The fourth-order valence-electron chi connectivity index (χ4n) is 4.51. The predicted molar refractivity (Wildman–Crippen MR) is 120 cm³/mol. The number of phosphoric ester groups is 1. The van der Waals surface area contributed by atoms with Crippen LogP contribution in [0.4, 0.5) is 4.79 Å². The first-order chi connectivity index (χ1) is 17.0. The number of nitrogens with one attached hydrogen (secondary N) is 2. The molecule has 0 bridgehead atoms. The second-order valence-corrected chi connectivity index (χ2v) is 11.5. The fraction of sp³-hybridized carbons (Fsp3) is 0.900. The van der Waals surface area contributed by atoms with Crippen LogP contribution in [-0.4, -0.2) is 105 Å². The van der Waals surface area contributed by atoms with E-state index >= 15 is 0 Å². The summed E-state index contributed by atoms with van der Waals surface area (Å²) in [5.74, 6) is 0.974. The molecular weight excluding hydrogens is 569 g/mol. The number of ether oxygens (including phenoxy) is 2. The van der Waals surface area contributed by atoms with Gasteiger partial charge in [-0.3, -0.25) is 4.79 Å². The van der Waals surface area contributed by atoms with Gasteiger partial charge in [0.2, 0.25) is 0 Å². The number of amides is 2. The second kappa shape index (κ2) is 17.3. The summed E-state index contributed by atoms with van der Waals surface area (Å²) >= 11 is 1.83. The molecule has 208 valence electrons. The Labute approximate surface area is 269 Å². The van der Waals surface area contributed by atoms with Gasteiger partial charge < -0.3 is 59.4 Å². The van der Waals surface area contributed by atoms with Crippen molar-refractivity contribution in [3.63, 3.8) is 0 Å². The maximum absolute atomic E-state index is 12.1. The van der Waals surface area contributed by atoms with Gasteiger partial charge in [-0.15, -0.1) is 0 Å². The molecule has 14 nitrogen and oxygen atoms in total. The van der Waals surface area contributed by atoms with Crippen LogP contribution in [-0.2, 0) is 23.4 Å². The van der Waals surface area contributed by atoms with E-state index in [1.165, 1.54) is 0 Å². The quantitative estimate of drug-likeness (QED) is 0.0470. The zero-order valence-corrected chi connectivity index (χ0v) is 27.2. The first kappa shape index (κ1) is 37.2. The number of rotatable bonds is 14. The van der Waals surface area contributed by atoms with Crippen LogP contribution in [0.1, 0.15) is 38.5 Å². The monoisotopic (exact) mass is 602 g/mol. The van der Waals surface area contributed by atoms with Crippen molar-refractivity contribution in [1.82, 2.24) is 10.6 Å². The average Bonchev–Trinajstić information content (AvgIpc) is 3.35. The molecular formula is C20H33N2Na2O12PS. The maximum Gasteiger partial charge on any atom is 1.00 e. The van der Waals surface area contributed by atoms with Gasteiger partial charge in [-0.1, -0.05) is 6.42 Å². The molecule has 0 aromatic heterocycles. The molecule has 0 aromatic rings. The summed E-state index contributed by atoms with van der Waals surface area (Å²) in [7, 11) is -5.58. The van der Waals surface area contributed by atoms with E-state index in [-0.39, 0.29) is 103 Å². The summed E-state index contributed by atoms with van der Waals surface area (Å²) in [4.78, 5) is 45.1. The molecule has 9 atom stereocenters. The molecule has 0 aromatic carbocycles. The van der Waals surface area contributed by atoms with Crippen LogP contribution in [0.5, 0.6) is 0 Å². The molecule has 0 saturated carbocycles. The minimum absolute atomic E-state index is 0. The Hall–Kier alpha value is 1.16. The Kier molecular flexibility index (Phi) is 16.9. The summed E-state index contributed by atoms with van der Waals surface area (Å²) in [5, 5.41) is 46.0. The van der Waals surface area contributed by atoms with Gasteiger partial charge in [0, 0.05) is 30.5 Å². The topological polar surface area (TPSA) is 230 Å². The zero-order chi connectivity index (χ0) is 26.5. The van der Waals surface area contributed by atoms with E-state index in [0.717, 1.165) is 25.0 Å². The number of unbranched alkanes of at least 4 members (excludes halogenated alkanes) is 1. The molecule has 3 rings (SSSR count). The van der Waals surface area contributed by atoms with Gasteiger partial charge in [0.05, 0.1) is 26.5 Å². The van der Waals surface area contributed by atoms with Gasteiger partial charge in [0.1, 0.15) is 36.3 Å². The number of phosphoric acid groups is 1. The Bertz CT molecular complexity index is 814. The van der Waals surface area contributed by atoms with Crippen LogP contribution < -0.4 is 79.5 Å². The van der Waals surface area contributed by atoms with E-state index in [2.05, 4.69) is 15.2 Å². The number of carbonyl (C=O) groups excluding carboxylic acids is 2. The first-order valence-electron chi connectivity index (χ1n) is 11.8. The molecule has 5 unspecified atom stereocenters. The van der Waals surface area contributed by atoms with Gasteiger partial charge in [0.15, 0.2) is 6.29 Å². The van der Waals surface area contributed by atoms with Crippen molar-refractivity contribution in [2.75, 3.05) is 19.0 Å². The van der Waals surface area contributed by atoms with E-state index < -0.39 is 44.6 Å². The predicted octanol–water partition coefficient (Wildman–Crippen LogP) is -8.90. The zero-order valence-electron chi connectivity index (χ0n) is 21.5. The van der Waals surface area contributed by atoms with Crippen molar-refractivity contribution < 1.29 is 117 Å². The molecule has 2 amide bonds. The largest absolute Gasteiger partial charge is 1.00 e. The summed E-state index contributed by atoms with van der Waals surface area (Å²) in [5.41, 5.74) is 0. The molecule has 0 aliphatic carbocycles. The van der Waals surface area contributed by atoms with Crippen LogP contribution in [0.15, 0.2) is 0 Å². The number of aliphatic hydroxyl groups is 4. The summed E-state index contributed by atoms with van der Waals surface area (Å²) in [6.07, 6.45) is -7.32. The number of thioether (sulfide) groups is 1. The van der Waals surface area contributed by atoms with Gasteiger partial charge in [-0.05, 0) is 19.3 Å². The van der Waals surface area contributed by atoms with Crippen molar-refractivity contribution in [2.45, 2.75) is 92.7 Å². The molecule has 18 heteroatoms. The maximum atomic E-state index is 12.1. The average molecular weight is 603 g/mol. The van der Waals surface area contributed by atoms with E-state index in [9.17, 15) is 44.4 Å². The summed E-state index contributed by atoms with van der Waals surface area (Å²) < 4.78 is 25.1. The Morgan fingerprint density at radius 1 is 1.11 bits per heavy atom. The minimum Gasteiger partial charge on any atom is -0.790 e. The number of hydrogen-bond donors (Lipinski definition) is 6. The molecule has 3 aliphatic rings. The molecule has 3 heterocycles. The van der Waals surface area contributed by atoms with E-state index in [0.29, 0.717) is 18.1 Å². The van der Waals surface area contributed by atoms with E-state index in [1.54, 1.807) is 0 Å². The molecule has 0 spiro atoms. The molecule has 6 N–H and O–H groups in total. The number of fused-ring (bicyclic) bond motifs is 1. The standard InChI is InChI=1S/C20H35N2O12PS.2Na/c23-10(4-1-2-6-13-14-11(9-36-13)21-20(28)22-14)5-3-7-32-8-12(24)18-16(26)15(25)17(27)19(33-18)34-35(29,30)31;;/h11-19,24-27H,1-9H2,(H2,21,22,28)(H2,29,30,31);;/q;2*+1/p-2/t11?,12-,13?,14?,15+,16+,17?,18?,19+;;/m1../s1. The van der Waals surface area contributed by atoms with Crippen LogP contribution in [0.2, 0.25) is 0 Å². The number of ketones is 1. The third kappa shape index (κ3) is 11.1. The fourth-order valence-corrected chi connectivity index (χ4v) is 6.48. The number of hydrogen-bond acceptors (Lipinski definition) is 13. The minimum atomic E-state index is -5.58. The molecule has 0 radical (unpaired) electrons. The van der Waals surface area contributed by atoms with Gasteiger partial charge >= 0.3 is 65.1 Å². The van der Waals surface area contributed by atoms with E-state index in [1.807, 2.05) is 11.8 Å². The normalized spacial score (nSPS) is 33.4. The third-order valence-electron chi connectivity index (χ3n) is 6.38. The van der Waals surface area contributed by atoms with Crippen molar-refractivity contribution >= 4 is 31.4 Å². The third-order valence-corrected chi connectivity index (χ3v) is 8.36. The molecule has 3 aliphatic heterocycles. The second-order valence-electron chi connectivity index (χ2n) is 9.15. The summed E-state index contributed by atoms with van der Waals surface area (Å²) in [6.45, 7) is -0.272. The molecule has 3 saturated heterocycles. The van der Waals surface area contributed by atoms with Crippen molar-refractivity contribution in [3.8, 4) is 0 Å². The van der Waals surface area contributed by atoms with Crippen molar-refractivity contribution in [3.05, 3.63) is 0 Å². The SMILES string of the molecule is O=C(CCCCC1SCC2NC(=O)NC21)CCCOC[C@@H](O)C1O[C@@H](OP(=O)([O-])[O-])C(O)[C@@H](O)[C@@H]1O.[Na+].[Na+]. The van der Waals surface area contributed by atoms with Crippen LogP contribution in [0.3, 0.4) is 0 Å². The van der Waals surface area contributed by atoms with Crippen LogP contribution >= 0.6 is 19.6 Å². The Morgan fingerprint density at radius 3 is 2.47 bits per heavy atom. The Balaban J connectivity index is 0.00000361. The molecule has 38 heavy (non-hydrogen) atoms. The molecule has 3 fully saturated rings. The number of Topliss-reactive ketones (excluding diaryl/α,β-unsaturated/α-hetero) is 1. The van der Waals surface area contributed by atoms with Crippen molar-refractivity contribution in [1.29, 1.82) is 0 Å². The number of urea groups is 1. The van der Waals surface area contributed by atoms with Gasteiger partial charge in [-0.2, -0.15) is 11.8 Å². The van der Waals surface area contributed by atoms with Crippen LogP contribution in [0, 0.1) is 0 Å². The van der Waals surface area contributed by atoms with Crippen LogP contribution in [0.25, 0.3) is 0 Å². The van der Waals surface area contributed by atoms with Crippen molar-refractivity contribution in [2.24, 2.45) is 0 Å². The van der Waals surface area contributed by atoms with Gasteiger partial charge in [-0.25, -0.2) is 4.79 Å². The number of carbonyl (C=O) groups is 2. The Morgan fingerprint density at radius 2 is 1.79 bits per heavy atom. The van der Waals surface area contributed by atoms with E-state index in [4.69, 9.17) is 9.47 Å². The summed E-state index contributed by atoms with van der Waals surface area (Å²) in [6, 6.07) is 0.214. The first-order valence-corrected chi connectivity index (χ1v) is 14.3. The smallest absolute Gasteiger partial charge is 0.790 e. The van der Waals surface area contributed by atoms with Gasteiger partial charge in [0.25, 0.3) is 0 Å². The number of aliphatic hydroxyl groups excluding tert-OH is 4.